The van der Waals surface area contributed by atoms with Gasteiger partial charge in [-0.15, -0.1) is 0 Å². The molecule has 2 unspecified atom stereocenters. The van der Waals surface area contributed by atoms with Crippen molar-refractivity contribution in [3.05, 3.63) is 64.6 Å². The third-order valence-corrected chi connectivity index (χ3v) is 5.81. The van der Waals surface area contributed by atoms with Gasteiger partial charge in [-0.3, -0.25) is 4.90 Å². The first-order valence-electron chi connectivity index (χ1n) is 10.3. The summed E-state index contributed by atoms with van der Waals surface area (Å²) >= 11 is 0. The molecule has 1 aliphatic carbocycles. The average Bonchev–Trinajstić information content (AvgIpc) is 2.99. The van der Waals surface area contributed by atoms with E-state index in [0.29, 0.717) is 25.5 Å². The summed E-state index contributed by atoms with van der Waals surface area (Å²) in [5, 5.41) is 0. The SMILES string of the molecule is CCOc1ccc(C2C3=C(CC(C)N2CC(C)(C)F)c2ccc(F)cc2C3)cn1. The molecule has 0 fully saturated rings. The molecule has 1 aliphatic heterocycles. The van der Waals surface area contributed by atoms with E-state index in [1.165, 1.54) is 17.2 Å². The van der Waals surface area contributed by atoms with Crippen LogP contribution in [0.2, 0.25) is 0 Å². The Morgan fingerprint density at radius 2 is 2.03 bits per heavy atom. The number of aromatic nitrogens is 1. The predicted octanol–water partition coefficient (Wildman–Crippen LogP) is 5.51. The van der Waals surface area contributed by atoms with E-state index in [0.717, 1.165) is 23.1 Å². The van der Waals surface area contributed by atoms with Gasteiger partial charge in [0, 0.05) is 24.8 Å². The maximum absolute atomic E-state index is 14.7. The summed E-state index contributed by atoms with van der Waals surface area (Å²) < 4.78 is 34.1. The summed E-state index contributed by atoms with van der Waals surface area (Å²) in [6.07, 6.45) is 3.36. The fourth-order valence-corrected chi connectivity index (χ4v) is 4.72. The summed E-state index contributed by atoms with van der Waals surface area (Å²) in [5.74, 6) is 0.376. The molecular weight excluding hydrogens is 370 g/mol. The van der Waals surface area contributed by atoms with Crippen LogP contribution in [0.1, 0.15) is 56.8 Å². The topological polar surface area (TPSA) is 25.4 Å². The van der Waals surface area contributed by atoms with Crippen molar-refractivity contribution in [3.8, 4) is 5.88 Å². The Kier molecular flexibility index (Phi) is 5.19. The van der Waals surface area contributed by atoms with Gasteiger partial charge in [-0.25, -0.2) is 13.8 Å². The van der Waals surface area contributed by atoms with Crippen LogP contribution in [0.4, 0.5) is 8.78 Å². The molecule has 154 valence electrons. The Hall–Kier alpha value is -2.27. The number of rotatable bonds is 5. The largest absolute Gasteiger partial charge is 0.478 e. The number of fused-ring (bicyclic) bond motifs is 2. The normalized spacial score (nSPS) is 21.9. The average molecular weight is 398 g/mol. The van der Waals surface area contributed by atoms with Gasteiger partial charge in [0.25, 0.3) is 0 Å². The Labute approximate surface area is 171 Å². The second kappa shape index (κ2) is 7.52. The van der Waals surface area contributed by atoms with Gasteiger partial charge >= 0.3 is 0 Å². The lowest BCUT2D eigenvalue weighted by atomic mass is 9.85. The Morgan fingerprint density at radius 1 is 1.24 bits per heavy atom. The third-order valence-electron chi connectivity index (χ3n) is 5.81. The van der Waals surface area contributed by atoms with Gasteiger partial charge in [-0.05, 0) is 80.5 Å². The quantitative estimate of drug-likeness (QED) is 0.664. The Balaban J connectivity index is 1.78. The molecule has 0 spiro atoms. The molecule has 2 heterocycles. The van der Waals surface area contributed by atoms with E-state index in [1.807, 2.05) is 31.3 Å². The monoisotopic (exact) mass is 398 g/mol. The van der Waals surface area contributed by atoms with Crippen LogP contribution >= 0.6 is 0 Å². The van der Waals surface area contributed by atoms with Crippen LogP contribution < -0.4 is 4.74 Å². The molecule has 29 heavy (non-hydrogen) atoms. The first-order valence-corrected chi connectivity index (χ1v) is 10.3. The summed E-state index contributed by atoms with van der Waals surface area (Å²) in [6, 6.07) is 9.03. The van der Waals surface area contributed by atoms with E-state index in [-0.39, 0.29) is 17.9 Å². The Morgan fingerprint density at radius 3 is 2.69 bits per heavy atom. The highest BCUT2D eigenvalue weighted by molar-refractivity contribution is 5.79. The van der Waals surface area contributed by atoms with Gasteiger partial charge in [0.05, 0.1) is 12.6 Å². The molecular formula is C24H28F2N2O. The minimum atomic E-state index is -1.32. The second-order valence-electron chi connectivity index (χ2n) is 8.69. The third kappa shape index (κ3) is 3.93. The van der Waals surface area contributed by atoms with E-state index in [4.69, 9.17) is 4.74 Å². The maximum Gasteiger partial charge on any atom is 0.213 e. The van der Waals surface area contributed by atoms with Crippen molar-refractivity contribution in [2.24, 2.45) is 0 Å². The molecule has 0 amide bonds. The molecule has 5 heteroatoms. The zero-order chi connectivity index (χ0) is 20.8. The van der Waals surface area contributed by atoms with Gasteiger partial charge in [0.2, 0.25) is 5.88 Å². The van der Waals surface area contributed by atoms with E-state index in [9.17, 15) is 8.78 Å². The molecule has 0 saturated carbocycles. The van der Waals surface area contributed by atoms with Crippen LogP contribution in [0.15, 0.2) is 42.1 Å². The van der Waals surface area contributed by atoms with Crippen molar-refractivity contribution in [2.75, 3.05) is 13.2 Å². The highest BCUT2D eigenvalue weighted by Gasteiger charge is 2.41. The van der Waals surface area contributed by atoms with E-state index < -0.39 is 5.67 Å². The van der Waals surface area contributed by atoms with Crippen LogP contribution in [0.3, 0.4) is 0 Å². The molecule has 2 aromatic rings. The van der Waals surface area contributed by atoms with Gasteiger partial charge in [0.15, 0.2) is 0 Å². The molecule has 4 rings (SSSR count). The molecule has 1 aromatic carbocycles. The minimum Gasteiger partial charge on any atom is -0.478 e. The molecule has 0 bridgehead atoms. The first kappa shape index (κ1) is 20.0. The second-order valence-corrected chi connectivity index (χ2v) is 8.69. The van der Waals surface area contributed by atoms with Gasteiger partial charge in [-0.1, -0.05) is 12.1 Å². The van der Waals surface area contributed by atoms with E-state index in [1.54, 1.807) is 19.9 Å². The number of nitrogens with zero attached hydrogens (tertiary/aromatic N) is 2. The lowest BCUT2D eigenvalue weighted by Gasteiger charge is -2.44. The van der Waals surface area contributed by atoms with Gasteiger partial charge in [0.1, 0.15) is 11.5 Å². The zero-order valence-corrected chi connectivity index (χ0v) is 17.5. The van der Waals surface area contributed by atoms with Crippen molar-refractivity contribution in [3.63, 3.8) is 0 Å². The highest BCUT2D eigenvalue weighted by Crippen LogP contribution is 2.49. The summed E-state index contributed by atoms with van der Waals surface area (Å²) in [6.45, 7) is 8.20. The number of pyridine rings is 1. The molecule has 0 radical (unpaired) electrons. The van der Waals surface area contributed by atoms with E-state index >= 15 is 0 Å². The minimum absolute atomic E-state index is 0.0811. The number of hydrogen-bond donors (Lipinski definition) is 0. The molecule has 3 nitrogen and oxygen atoms in total. The summed E-state index contributed by atoms with van der Waals surface area (Å²) in [7, 11) is 0. The van der Waals surface area contributed by atoms with Crippen molar-refractivity contribution in [1.82, 2.24) is 9.88 Å². The van der Waals surface area contributed by atoms with Crippen LogP contribution in [-0.2, 0) is 6.42 Å². The zero-order valence-electron chi connectivity index (χ0n) is 17.5. The van der Waals surface area contributed by atoms with Gasteiger partial charge in [-0.2, -0.15) is 0 Å². The number of benzene rings is 1. The van der Waals surface area contributed by atoms with Crippen molar-refractivity contribution in [1.29, 1.82) is 0 Å². The van der Waals surface area contributed by atoms with Crippen molar-refractivity contribution < 1.29 is 13.5 Å². The number of alkyl halides is 1. The lowest BCUT2D eigenvalue weighted by Crippen LogP contribution is -2.46. The standard InChI is InChI=1S/C24H28F2N2O/c1-5-29-22-9-6-16(13-27-22)23-21-12-17-11-18(25)7-8-19(17)20(21)10-15(2)28(23)14-24(3,4)26/h6-9,11,13,15,23H,5,10,12,14H2,1-4H3. The molecule has 1 aromatic heterocycles. The molecule has 0 saturated heterocycles. The van der Waals surface area contributed by atoms with Crippen LogP contribution in [0.25, 0.3) is 5.57 Å². The number of hydrogen-bond acceptors (Lipinski definition) is 3. The summed E-state index contributed by atoms with van der Waals surface area (Å²) in [5.41, 5.74) is 4.37. The molecule has 2 aliphatic rings. The number of halogens is 2. The highest BCUT2D eigenvalue weighted by atomic mass is 19.1. The van der Waals surface area contributed by atoms with Gasteiger partial charge < -0.3 is 4.74 Å². The predicted molar refractivity (Wildman–Crippen MR) is 111 cm³/mol. The molecule has 2 atom stereocenters. The van der Waals surface area contributed by atoms with E-state index in [2.05, 4.69) is 16.8 Å². The first-order chi connectivity index (χ1) is 13.8. The van der Waals surface area contributed by atoms with Crippen LogP contribution in [0, 0.1) is 5.82 Å². The van der Waals surface area contributed by atoms with Crippen molar-refractivity contribution >= 4 is 5.57 Å². The fourth-order valence-electron chi connectivity index (χ4n) is 4.72. The van der Waals surface area contributed by atoms with Crippen molar-refractivity contribution in [2.45, 2.75) is 58.3 Å². The molecule has 0 N–H and O–H groups in total. The smallest absolute Gasteiger partial charge is 0.213 e. The maximum atomic E-state index is 14.7. The lowest BCUT2D eigenvalue weighted by molar-refractivity contribution is 0.0700. The fraction of sp³-hybridized carbons (Fsp3) is 0.458. The Bertz CT molecular complexity index is 931. The number of ether oxygens (including phenoxy) is 1. The van der Waals surface area contributed by atoms with Crippen LogP contribution in [-0.4, -0.2) is 34.7 Å². The van der Waals surface area contributed by atoms with Crippen LogP contribution in [0.5, 0.6) is 5.88 Å². The summed E-state index contributed by atoms with van der Waals surface area (Å²) in [4.78, 5) is 6.69.